The number of aryl methyl sites for hydroxylation is 1. The third-order valence-electron chi connectivity index (χ3n) is 2.41. The van der Waals surface area contributed by atoms with E-state index >= 15 is 0 Å². The fourth-order valence-corrected chi connectivity index (χ4v) is 2.82. The van der Waals surface area contributed by atoms with Crippen molar-refractivity contribution >= 4 is 22.9 Å². The van der Waals surface area contributed by atoms with Gasteiger partial charge in [-0.25, -0.2) is 4.98 Å². The van der Waals surface area contributed by atoms with Gasteiger partial charge in [-0.2, -0.15) is 0 Å². The molecule has 0 fully saturated rings. The summed E-state index contributed by atoms with van der Waals surface area (Å²) in [4.78, 5) is 5.62. The monoisotopic (exact) mass is 254 g/mol. The van der Waals surface area contributed by atoms with E-state index < -0.39 is 0 Å². The zero-order valence-electron chi connectivity index (χ0n) is 9.91. The van der Waals surface area contributed by atoms with Gasteiger partial charge in [-0.05, 0) is 11.5 Å². The third-order valence-corrected chi connectivity index (χ3v) is 4.19. The van der Waals surface area contributed by atoms with Gasteiger partial charge in [-0.15, -0.1) is 11.3 Å². The second-order valence-electron chi connectivity index (χ2n) is 4.97. The second kappa shape index (κ2) is 3.90. The molecule has 0 aliphatic rings. The van der Waals surface area contributed by atoms with E-state index in [0.717, 1.165) is 15.6 Å². The second-order valence-corrected chi connectivity index (χ2v) is 6.63. The van der Waals surface area contributed by atoms with Gasteiger partial charge < -0.3 is 4.57 Å². The summed E-state index contributed by atoms with van der Waals surface area (Å²) in [5.74, 6) is 0. The highest BCUT2D eigenvalue weighted by atomic mass is 35.5. The SMILES string of the molecule is Cn1cnc(-c2cc(C(C)(C)C)sc2Cl)c1. The average Bonchev–Trinajstić information content (AvgIpc) is 2.70. The molecule has 0 N–H and O–H groups in total. The Morgan fingerprint density at radius 3 is 2.50 bits per heavy atom. The van der Waals surface area contributed by atoms with Crippen molar-refractivity contribution < 1.29 is 0 Å². The molecule has 0 bridgehead atoms. The van der Waals surface area contributed by atoms with E-state index in [-0.39, 0.29) is 5.41 Å². The number of imidazole rings is 1. The molecule has 0 aromatic carbocycles. The van der Waals surface area contributed by atoms with Gasteiger partial charge in [0, 0.05) is 23.7 Å². The van der Waals surface area contributed by atoms with Crippen LogP contribution in [0.1, 0.15) is 25.6 Å². The maximum absolute atomic E-state index is 6.26. The van der Waals surface area contributed by atoms with Crippen molar-refractivity contribution in [1.29, 1.82) is 0 Å². The molecular weight excluding hydrogens is 240 g/mol. The zero-order chi connectivity index (χ0) is 11.9. The predicted molar refractivity (Wildman–Crippen MR) is 70.2 cm³/mol. The van der Waals surface area contributed by atoms with Crippen LogP contribution in [0.15, 0.2) is 18.6 Å². The molecular formula is C12H15ClN2S. The summed E-state index contributed by atoms with van der Waals surface area (Å²) < 4.78 is 2.75. The van der Waals surface area contributed by atoms with Crippen molar-refractivity contribution in [2.24, 2.45) is 7.05 Å². The van der Waals surface area contributed by atoms with Crippen molar-refractivity contribution in [3.05, 3.63) is 27.8 Å². The minimum atomic E-state index is 0.140. The summed E-state index contributed by atoms with van der Waals surface area (Å²) in [6, 6.07) is 2.15. The molecule has 86 valence electrons. The topological polar surface area (TPSA) is 17.8 Å². The van der Waals surface area contributed by atoms with Crippen LogP contribution in [0.4, 0.5) is 0 Å². The van der Waals surface area contributed by atoms with Gasteiger partial charge in [0.25, 0.3) is 0 Å². The van der Waals surface area contributed by atoms with Gasteiger partial charge >= 0.3 is 0 Å². The van der Waals surface area contributed by atoms with Crippen molar-refractivity contribution in [3.8, 4) is 11.3 Å². The molecule has 0 saturated carbocycles. The number of thiophene rings is 1. The first kappa shape index (κ1) is 11.7. The first-order valence-electron chi connectivity index (χ1n) is 5.16. The molecule has 0 radical (unpaired) electrons. The largest absolute Gasteiger partial charge is 0.340 e. The highest BCUT2D eigenvalue weighted by Crippen LogP contribution is 2.39. The standard InChI is InChI=1S/C12H15ClN2S/c1-12(2,3)10-5-8(11(13)16-10)9-6-15(4)7-14-9/h5-7H,1-4H3. The van der Waals surface area contributed by atoms with Crippen LogP contribution >= 0.6 is 22.9 Å². The van der Waals surface area contributed by atoms with E-state index in [1.807, 2.05) is 17.8 Å². The third kappa shape index (κ3) is 2.15. The lowest BCUT2D eigenvalue weighted by Gasteiger charge is -2.14. The fraction of sp³-hybridized carbons (Fsp3) is 0.417. The lowest BCUT2D eigenvalue weighted by molar-refractivity contribution is 0.604. The molecule has 0 unspecified atom stereocenters. The van der Waals surface area contributed by atoms with E-state index in [1.54, 1.807) is 17.7 Å². The van der Waals surface area contributed by atoms with Crippen molar-refractivity contribution in [2.45, 2.75) is 26.2 Å². The molecule has 16 heavy (non-hydrogen) atoms. The van der Waals surface area contributed by atoms with Crippen LogP contribution in [0.2, 0.25) is 4.34 Å². The lowest BCUT2D eigenvalue weighted by Crippen LogP contribution is -2.07. The van der Waals surface area contributed by atoms with Crippen LogP contribution in [0.5, 0.6) is 0 Å². The number of aromatic nitrogens is 2. The minimum absolute atomic E-state index is 0.140. The van der Waals surface area contributed by atoms with Crippen LogP contribution in [0, 0.1) is 0 Å². The van der Waals surface area contributed by atoms with Crippen LogP contribution in [-0.4, -0.2) is 9.55 Å². The Morgan fingerprint density at radius 2 is 2.06 bits per heavy atom. The number of rotatable bonds is 1. The average molecular weight is 255 g/mol. The molecule has 0 aliphatic carbocycles. The first-order valence-corrected chi connectivity index (χ1v) is 6.35. The Kier molecular flexibility index (Phi) is 2.84. The van der Waals surface area contributed by atoms with E-state index in [9.17, 15) is 0 Å². The number of hydrogen-bond donors (Lipinski definition) is 0. The van der Waals surface area contributed by atoms with E-state index in [2.05, 4.69) is 31.8 Å². The van der Waals surface area contributed by atoms with E-state index in [1.165, 1.54) is 4.88 Å². The highest BCUT2D eigenvalue weighted by molar-refractivity contribution is 7.17. The van der Waals surface area contributed by atoms with Crippen molar-refractivity contribution in [2.75, 3.05) is 0 Å². The molecule has 2 rings (SSSR count). The van der Waals surface area contributed by atoms with Gasteiger partial charge in [0.05, 0.1) is 12.0 Å². The van der Waals surface area contributed by atoms with Crippen LogP contribution in [0.3, 0.4) is 0 Å². The molecule has 0 spiro atoms. The summed E-state index contributed by atoms with van der Waals surface area (Å²) in [5.41, 5.74) is 2.12. The lowest BCUT2D eigenvalue weighted by atomic mass is 9.94. The minimum Gasteiger partial charge on any atom is -0.340 e. The summed E-state index contributed by atoms with van der Waals surface area (Å²) in [6.07, 6.45) is 3.78. The molecule has 0 atom stereocenters. The molecule has 0 saturated heterocycles. The van der Waals surface area contributed by atoms with E-state index in [4.69, 9.17) is 11.6 Å². The highest BCUT2D eigenvalue weighted by Gasteiger charge is 2.20. The predicted octanol–water partition coefficient (Wildman–Crippen LogP) is 4.10. The van der Waals surface area contributed by atoms with Gasteiger partial charge in [-0.1, -0.05) is 32.4 Å². The summed E-state index contributed by atoms with van der Waals surface area (Å²) in [5, 5.41) is 0. The maximum Gasteiger partial charge on any atom is 0.103 e. The molecule has 2 aromatic heterocycles. The summed E-state index contributed by atoms with van der Waals surface area (Å²) in [6.45, 7) is 6.58. The van der Waals surface area contributed by atoms with Crippen molar-refractivity contribution in [1.82, 2.24) is 9.55 Å². The molecule has 2 heterocycles. The molecule has 2 aromatic rings. The summed E-state index contributed by atoms with van der Waals surface area (Å²) >= 11 is 7.91. The first-order chi connectivity index (χ1) is 7.38. The molecule has 4 heteroatoms. The fourth-order valence-electron chi connectivity index (χ4n) is 1.46. The van der Waals surface area contributed by atoms with Gasteiger partial charge in [-0.3, -0.25) is 0 Å². The van der Waals surface area contributed by atoms with Gasteiger partial charge in [0.15, 0.2) is 0 Å². The van der Waals surface area contributed by atoms with Gasteiger partial charge in [0.1, 0.15) is 4.34 Å². The van der Waals surface area contributed by atoms with E-state index in [0.29, 0.717) is 0 Å². The van der Waals surface area contributed by atoms with Crippen LogP contribution < -0.4 is 0 Å². The number of halogens is 1. The Labute approximate surface area is 105 Å². The quantitative estimate of drug-likeness (QED) is 0.749. The number of nitrogens with zero attached hydrogens (tertiary/aromatic N) is 2. The van der Waals surface area contributed by atoms with Gasteiger partial charge in [0.2, 0.25) is 0 Å². The normalized spacial score (nSPS) is 12.1. The summed E-state index contributed by atoms with van der Waals surface area (Å²) in [7, 11) is 1.96. The molecule has 2 nitrogen and oxygen atoms in total. The van der Waals surface area contributed by atoms with Crippen molar-refractivity contribution in [3.63, 3.8) is 0 Å². The van der Waals surface area contributed by atoms with Crippen LogP contribution in [-0.2, 0) is 12.5 Å². The van der Waals surface area contributed by atoms with Crippen LogP contribution in [0.25, 0.3) is 11.3 Å². The zero-order valence-corrected chi connectivity index (χ0v) is 11.5. The Hall–Kier alpha value is -0.800. The Bertz CT molecular complexity index is 505. The maximum atomic E-state index is 6.26. The Balaban J connectivity index is 2.47. The number of hydrogen-bond acceptors (Lipinski definition) is 2. The Morgan fingerprint density at radius 1 is 1.38 bits per heavy atom. The molecule has 0 amide bonds. The molecule has 0 aliphatic heterocycles. The smallest absolute Gasteiger partial charge is 0.103 e.